The van der Waals surface area contributed by atoms with Crippen molar-refractivity contribution in [1.82, 2.24) is 15.0 Å². The van der Waals surface area contributed by atoms with E-state index >= 15 is 0 Å². The van der Waals surface area contributed by atoms with Gasteiger partial charge in [-0.05, 0) is 55.8 Å². The van der Waals surface area contributed by atoms with Gasteiger partial charge in [-0.3, -0.25) is 9.59 Å². The molecule has 9 nitrogen and oxygen atoms in total. The molecule has 2 aromatic carbocycles. The fraction of sp³-hybridized carbons (Fsp3) is 0.190. The normalized spacial score (nSPS) is 10.5. The van der Waals surface area contributed by atoms with E-state index in [2.05, 4.69) is 25.7 Å². The Morgan fingerprint density at radius 1 is 1.06 bits per heavy atom. The molecule has 2 N–H and O–H groups in total. The van der Waals surface area contributed by atoms with Crippen molar-refractivity contribution in [3.63, 3.8) is 0 Å². The van der Waals surface area contributed by atoms with Crippen molar-refractivity contribution in [3.05, 3.63) is 70.0 Å². The number of halogens is 1. The average Bonchev–Trinajstić information content (AvgIpc) is 3.11. The van der Waals surface area contributed by atoms with E-state index in [0.717, 1.165) is 5.56 Å². The molecule has 0 radical (unpaired) electrons. The Hall–Kier alpha value is -3.72. The van der Waals surface area contributed by atoms with E-state index in [1.54, 1.807) is 56.3 Å². The second kappa shape index (κ2) is 9.40. The number of hydrogen-bond donors (Lipinski definition) is 2. The fourth-order valence-electron chi connectivity index (χ4n) is 2.79. The van der Waals surface area contributed by atoms with Crippen molar-refractivity contribution in [3.8, 4) is 0 Å². The molecule has 31 heavy (non-hydrogen) atoms. The Balaban J connectivity index is 1.65. The van der Waals surface area contributed by atoms with Crippen LogP contribution in [0.1, 0.15) is 32.1 Å². The summed E-state index contributed by atoms with van der Waals surface area (Å²) in [6.45, 7) is 3.31. The van der Waals surface area contributed by atoms with E-state index in [1.807, 2.05) is 0 Å². The highest BCUT2D eigenvalue weighted by molar-refractivity contribution is 6.31. The number of rotatable bonds is 6. The average molecular weight is 442 g/mol. The van der Waals surface area contributed by atoms with E-state index in [4.69, 9.17) is 11.6 Å². The van der Waals surface area contributed by atoms with Crippen LogP contribution in [0.25, 0.3) is 0 Å². The van der Waals surface area contributed by atoms with Gasteiger partial charge in [0.05, 0.1) is 18.4 Å². The molecule has 1 heterocycles. The van der Waals surface area contributed by atoms with Crippen LogP contribution in [-0.2, 0) is 16.1 Å². The monoisotopic (exact) mass is 441 g/mol. The third-order valence-electron chi connectivity index (χ3n) is 4.60. The molecule has 10 heteroatoms. The van der Waals surface area contributed by atoms with Gasteiger partial charge in [-0.25, -0.2) is 9.48 Å². The highest BCUT2D eigenvalue weighted by Gasteiger charge is 2.19. The summed E-state index contributed by atoms with van der Waals surface area (Å²) in [6, 6.07) is 11.5. The molecule has 0 unspecified atom stereocenters. The number of nitrogens with one attached hydrogen (secondary N) is 2. The second-order valence-electron chi connectivity index (χ2n) is 6.66. The Morgan fingerprint density at radius 2 is 1.77 bits per heavy atom. The van der Waals surface area contributed by atoms with Gasteiger partial charge in [-0.1, -0.05) is 22.9 Å². The summed E-state index contributed by atoms with van der Waals surface area (Å²) in [6.07, 6.45) is 0. The number of carbonyl (C=O) groups excluding carboxylic acids is 3. The van der Waals surface area contributed by atoms with E-state index in [9.17, 15) is 14.4 Å². The lowest BCUT2D eigenvalue weighted by Crippen LogP contribution is -2.21. The highest BCUT2D eigenvalue weighted by Crippen LogP contribution is 2.23. The van der Waals surface area contributed by atoms with Crippen LogP contribution in [-0.4, -0.2) is 39.9 Å². The zero-order chi connectivity index (χ0) is 22.5. The summed E-state index contributed by atoms with van der Waals surface area (Å²) in [5, 5.41) is 13.8. The summed E-state index contributed by atoms with van der Waals surface area (Å²) < 4.78 is 5.97. The van der Waals surface area contributed by atoms with Crippen LogP contribution in [0.4, 0.5) is 11.4 Å². The SMILES string of the molecule is COC(=O)c1ccc(NC(=O)Cn2nnc(C(=O)Nc3cccc(Cl)c3C)c2C)cc1. The molecular formula is C21H20ClN5O4. The van der Waals surface area contributed by atoms with Crippen molar-refractivity contribution in [2.24, 2.45) is 0 Å². The summed E-state index contributed by atoms with van der Waals surface area (Å²) in [5.41, 5.74) is 2.73. The maximum Gasteiger partial charge on any atom is 0.337 e. The summed E-state index contributed by atoms with van der Waals surface area (Å²) in [4.78, 5) is 36.4. The molecular weight excluding hydrogens is 422 g/mol. The lowest BCUT2D eigenvalue weighted by molar-refractivity contribution is -0.117. The van der Waals surface area contributed by atoms with Crippen LogP contribution in [0.5, 0.6) is 0 Å². The maximum absolute atomic E-state index is 12.6. The van der Waals surface area contributed by atoms with Crippen LogP contribution >= 0.6 is 11.6 Å². The van der Waals surface area contributed by atoms with Crippen LogP contribution in [0.15, 0.2) is 42.5 Å². The number of aromatic nitrogens is 3. The van der Waals surface area contributed by atoms with Crippen molar-refractivity contribution in [2.45, 2.75) is 20.4 Å². The Kier molecular flexibility index (Phi) is 6.66. The molecule has 0 saturated heterocycles. The first-order valence-corrected chi connectivity index (χ1v) is 9.62. The molecule has 0 aliphatic heterocycles. The summed E-state index contributed by atoms with van der Waals surface area (Å²) >= 11 is 6.08. The number of ether oxygens (including phenoxy) is 1. The molecule has 0 spiro atoms. The van der Waals surface area contributed by atoms with Gasteiger partial charge in [0.1, 0.15) is 6.54 Å². The van der Waals surface area contributed by atoms with Crippen molar-refractivity contribution < 1.29 is 19.1 Å². The number of nitrogens with zero attached hydrogens (tertiary/aromatic N) is 3. The number of benzene rings is 2. The first-order valence-electron chi connectivity index (χ1n) is 9.25. The van der Waals surface area contributed by atoms with Gasteiger partial charge in [-0.2, -0.15) is 0 Å². The van der Waals surface area contributed by atoms with Crippen LogP contribution < -0.4 is 10.6 Å². The number of hydrogen-bond acceptors (Lipinski definition) is 6. The van der Waals surface area contributed by atoms with E-state index in [1.165, 1.54) is 11.8 Å². The molecule has 1 aromatic heterocycles. The standard InChI is InChI=1S/C21H20ClN5O4/c1-12-16(22)5-4-6-17(12)24-20(29)19-13(2)27(26-25-19)11-18(28)23-15-9-7-14(8-10-15)21(30)31-3/h4-10H,11H2,1-3H3,(H,23,28)(H,24,29). The van der Waals surface area contributed by atoms with E-state index < -0.39 is 11.9 Å². The maximum atomic E-state index is 12.6. The first-order chi connectivity index (χ1) is 14.8. The predicted molar refractivity (Wildman–Crippen MR) is 115 cm³/mol. The Labute approximate surface area is 183 Å². The van der Waals surface area contributed by atoms with Crippen molar-refractivity contribution >= 4 is 40.8 Å². The first kappa shape index (κ1) is 22.0. The minimum absolute atomic E-state index is 0.106. The zero-order valence-electron chi connectivity index (χ0n) is 17.1. The lowest BCUT2D eigenvalue weighted by atomic mass is 10.2. The molecule has 160 valence electrons. The predicted octanol–water partition coefficient (Wildman–Crippen LogP) is 3.23. The third-order valence-corrected chi connectivity index (χ3v) is 5.01. The van der Waals surface area contributed by atoms with Crippen LogP contribution in [0.3, 0.4) is 0 Å². The quantitative estimate of drug-likeness (QED) is 0.567. The van der Waals surface area contributed by atoms with Crippen molar-refractivity contribution in [2.75, 3.05) is 17.7 Å². The van der Waals surface area contributed by atoms with Gasteiger partial charge < -0.3 is 15.4 Å². The van der Waals surface area contributed by atoms with E-state index in [-0.39, 0.29) is 18.1 Å². The smallest absolute Gasteiger partial charge is 0.337 e. The number of methoxy groups -OCH3 is 1. The summed E-state index contributed by atoms with van der Waals surface area (Å²) in [5.74, 6) is -1.28. The molecule has 2 amide bonds. The molecule has 0 saturated carbocycles. The minimum atomic E-state index is -0.463. The van der Waals surface area contributed by atoms with Gasteiger partial charge >= 0.3 is 5.97 Å². The lowest BCUT2D eigenvalue weighted by Gasteiger charge is -2.09. The Bertz CT molecular complexity index is 1140. The highest BCUT2D eigenvalue weighted by atomic mass is 35.5. The Morgan fingerprint density at radius 3 is 2.45 bits per heavy atom. The molecule has 3 aromatic rings. The number of esters is 1. The van der Waals surface area contributed by atoms with Gasteiger partial charge in [0.2, 0.25) is 5.91 Å². The topological polar surface area (TPSA) is 115 Å². The largest absolute Gasteiger partial charge is 0.465 e. The number of anilines is 2. The van der Waals surface area contributed by atoms with E-state index in [0.29, 0.717) is 27.7 Å². The number of amides is 2. The van der Waals surface area contributed by atoms with Gasteiger partial charge in [0, 0.05) is 16.4 Å². The molecule has 0 aliphatic carbocycles. The van der Waals surface area contributed by atoms with Crippen LogP contribution in [0, 0.1) is 13.8 Å². The van der Waals surface area contributed by atoms with Crippen LogP contribution in [0.2, 0.25) is 5.02 Å². The molecule has 0 atom stereocenters. The third kappa shape index (κ3) is 5.07. The van der Waals surface area contributed by atoms with Gasteiger partial charge in [0.25, 0.3) is 5.91 Å². The molecule has 0 bridgehead atoms. The minimum Gasteiger partial charge on any atom is -0.465 e. The molecule has 0 aliphatic rings. The van der Waals surface area contributed by atoms with Gasteiger partial charge in [-0.15, -0.1) is 5.10 Å². The molecule has 3 rings (SSSR count). The van der Waals surface area contributed by atoms with Gasteiger partial charge in [0.15, 0.2) is 5.69 Å². The fourth-order valence-corrected chi connectivity index (χ4v) is 2.96. The van der Waals surface area contributed by atoms with Crippen molar-refractivity contribution in [1.29, 1.82) is 0 Å². The summed E-state index contributed by atoms with van der Waals surface area (Å²) in [7, 11) is 1.29. The number of carbonyl (C=O) groups is 3. The second-order valence-corrected chi connectivity index (χ2v) is 7.07. The molecule has 0 fully saturated rings. The zero-order valence-corrected chi connectivity index (χ0v) is 17.9.